The van der Waals surface area contributed by atoms with Crippen molar-refractivity contribution in [3.63, 3.8) is 0 Å². The van der Waals surface area contributed by atoms with Gasteiger partial charge in [0.25, 0.3) is 0 Å². The first-order chi connectivity index (χ1) is 8.83. The van der Waals surface area contributed by atoms with Gasteiger partial charge in [-0.15, -0.1) is 12.4 Å². The lowest BCUT2D eigenvalue weighted by Crippen LogP contribution is -2.29. The molecule has 0 aliphatic rings. The molecule has 1 aromatic carbocycles. The van der Waals surface area contributed by atoms with Crippen molar-refractivity contribution < 1.29 is 9.53 Å². The Morgan fingerprint density at radius 3 is 2.20 bits per heavy atom. The summed E-state index contributed by atoms with van der Waals surface area (Å²) in [6.07, 6.45) is 2.37. The molecule has 0 radical (unpaired) electrons. The first kappa shape index (κ1) is 19.4. The number of nitrogens with two attached hydrogens (primary N) is 1. The monoisotopic (exact) mass is 317 g/mol. The van der Waals surface area contributed by atoms with Gasteiger partial charge in [0, 0.05) is 0 Å². The number of halogens is 1. The van der Waals surface area contributed by atoms with Crippen LogP contribution in [0.1, 0.15) is 37.8 Å². The normalized spacial score (nSPS) is 14.3. The zero-order valence-electron chi connectivity index (χ0n) is 12.9. The molecule has 1 aromatic rings. The highest BCUT2D eigenvalue weighted by molar-refractivity contribution is 6.70. The van der Waals surface area contributed by atoms with Crippen molar-refractivity contribution in [3.8, 4) is 5.75 Å². The molecule has 1 rings (SSSR count). The second-order valence-corrected chi connectivity index (χ2v) is 10.4. The third-order valence-corrected chi connectivity index (χ3v) is 3.81. The maximum Gasteiger partial charge on any atom is 0.242 e. The van der Waals surface area contributed by atoms with E-state index < -0.39 is 14.4 Å². The van der Waals surface area contributed by atoms with E-state index in [1.807, 2.05) is 24.3 Å². The van der Waals surface area contributed by atoms with E-state index in [0.29, 0.717) is 0 Å². The summed E-state index contributed by atoms with van der Waals surface area (Å²) < 4.78 is 5.90. The van der Waals surface area contributed by atoms with Gasteiger partial charge < -0.3 is 15.3 Å². The van der Waals surface area contributed by atoms with Crippen molar-refractivity contribution in [2.24, 2.45) is 5.73 Å². The molecule has 0 unspecified atom stereocenters. The number of hydrogen-bond donors (Lipinski definition) is 2. The molecule has 2 atom stereocenters. The van der Waals surface area contributed by atoms with E-state index in [-0.39, 0.29) is 18.4 Å². The molecule has 0 spiro atoms. The molecule has 0 saturated carbocycles. The smallest absolute Gasteiger partial charge is 0.242 e. The topological polar surface area (TPSA) is 55.5 Å². The number of rotatable bonds is 7. The lowest BCUT2D eigenvalue weighted by molar-refractivity contribution is 0.132. The van der Waals surface area contributed by atoms with E-state index in [9.17, 15) is 5.11 Å². The summed E-state index contributed by atoms with van der Waals surface area (Å²) >= 11 is 0. The van der Waals surface area contributed by atoms with Crippen molar-refractivity contribution >= 4 is 20.7 Å². The second-order valence-electron chi connectivity index (χ2n) is 6.02. The number of hydrogen-bond acceptors (Lipinski definition) is 3. The Morgan fingerprint density at radius 1 is 1.20 bits per heavy atom. The first-order valence-electron chi connectivity index (χ1n) is 7.06. The maximum absolute atomic E-state index is 10.0. The lowest BCUT2D eigenvalue weighted by Gasteiger charge is -2.21. The highest BCUT2D eigenvalue weighted by Gasteiger charge is 2.18. The molecule has 0 amide bonds. The minimum atomic E-state index is -1.56. The summed E-state index contributed by atoms with van der Waals surface area (Å²) in [6, 6.07) is 7.48. The molecule has 0 aromatic heterocycles. The largest absolute Gasteiger partial charge is 0.544 e. The summed E-state index contributed by atoms with van der Waals surface area (Å²) in [5.41, 5.74) is 7.04. The molecule has 3 nitrogen and oxygen atoms in total. The fourth-order valence-corrected chi connectivity index (χ4v) is 2.77. The predicted molar refractivity (Wildman–Crippen MR) is 90.1 cm³/mol. The molecule has 0 heterocycles. The van der Waals surface area contributed by atoms with Gasteiger partial charge in [0.1, 0.15) is 5.75 Å². The van der Waals surface area contributed by atoms with Crippen LogP contribution in [0.25, 0.3) is 0 Å². The number of aliphatic hydroxyl groups is 1. The highest BCUT2D eigenvalue weighted by atomic mass is 35.5. The number of unbranched alkanes of at least 4 members (excludes halogenated alkanes) is 1. The van der Waals surface area contributed by atoms with Gasteiger partial charge >= 0.3 is 0 Å². The van der Waals surface area contributed by atoms with Crippen molar-refractivity contribution in [2.45, 2.75) is 58.0 Å². The van der Waals surface area contributed by atoms with Crippen LogP contribution in [0.3, 0.4) is 0 Å². The van der Waals surface area contributed by atoms with E-state index in [4.69, 9.17) is 10.2 Å². The third-order valence-electron chi connectivity index (χ3n) is 2.96. The summed E-state index contributed by atoms with van der Waals surface area (Å²) in [5, 5.41) is 10.0. The molecule has 0 aliphatic heterocycles. The minimum Gasteiger partial charge on any atom is -0.544 e. The van der Waals surface area contributed by atoms with Gasteiger partial charge in [0.05, 0.1) is 12.1 Å². The van der Waals surface area contributed by atoms with Gasteiger partial charge in [-0.3, -0.25) is 0 Å². The standard InChI is InChI=1S/C15H27NO2Si.ClH/c1-5-6-7-14(17)15(16)12-8-10-13(11-9-12)18-19(2,3)4;/h8-11,14-15,17H,5-7,16H2,1-4H3;1H/t14-,15+;/m0./s1. The van der Waals surface area contributed by atoms with Gasteiger partial charge in [-0.1, -0.05) is 31.9 Å². The van der Waals surface area contributed by atoms with Crippen molar-refractivity contribution in [1.29, 1.82) is 0 Å². The van der Waals surface area contributed by atoms with E-state index in [2.05, 4.69) is 26.6 Å². The van der Waals surface area contributed by atoms with Crippen LogP contribution in [0.5, 0.6) is 5.75 Å². The van der Waals surface area contributed by atoms with Gasteiger partial charge in [-0.05, 0) is 43.8 Å². The Bertz CT molecular complexity index is 378. The Morgan fingerprint density at radius 2 is 1.75 bits per heavy atom. The number of aliphatic hydroxyl groups excluding tert-OH is 1. The molecular formula is C15H28ClNO2Si. The van der Waals surface area contributed by atoms with E-state index in [1.54, 1.807) is 0 Å². The van der Waals surface area contributed by atoms with E-state index in [1.165, 1.54) is 0 Å². The fraction of sp³-hybridized carbons (Fsp3) is 0.600. The van der Waals surface area contributed by atoms with E-state index >= 15 is 0 Å². The number of benzene rings is 1. The van der Waals surface area contributed by atoms with E-state index in [0.717, 1.165) is 30.6 Å². The van der Waals surface area contributed by atoms with Gasteiger partial charge in [-0.25, -0.2) is 0 Å². The first-order valence-corrected chi connectivity index (χ1v) is 10.5. The highest BCUT2D eigenvalue weighted by Crippen LogP contribution is 2.22. The quantitative estimate of drug-likeness (QED) is 0.750. The summed E-state index contributed by atoms with van der Waals surface area (Å²) in [4.78, 5) is 0. The third kappa shape index (κ3) is 6.75. The van der Waals surface area contributed by atoms with Gasteiger partial charge in [-0.2, -0.15) is 0 Å². The van der Waals surface area contributed by atoms with Crippen LogP contribution < -0.4 is 10.2 Å². The van der Waals surface area contributed by atoms with Gasteiger partial charge in [0.2, 0.25) is 8.32 Å². The Kier molecular flexibility index (Phi) is 8.43. The molecular weight excluding hydrogens is 290 g/mol. The van der Waals surface area contributed by atoms with Crippen LogP contribution in [0, 0.1) is 0 Å². The van der Waals surface area contributed by atoms with Crippen LogP contribution in [-0.2, 0) is 0 Å². The molecule has 5 heteroatoms. The van der Waals surface area contributed by atoms with Crippen LogP contribution in [-0.4, -0.2) is 19.5 Å². The Labute approximate surface area is 130 Å². The molecule has 116 valence electrons. The molecule has 0 saturated heterocycles. The summed E-state index contributed by atoms with van der Waals surface area (Å²) in [6.45, 7) is 8.57. The zero-order valence-corrected chi connectivity index (χ0v) is 14.7. The van der Waals surface area contributed by atoms with Crippen molar-refractivity contribution in [2.75, 3.05) is 0 Å². The average Bonchev–Trinajstić information content (AvgIpc) is 2.34. The SMILES string of the molecule is CCCC[C@H](O)[C@H](N)c1ccc(O[Si](C)(C)C)cc1.Cl. The summed E-state index contributed by atoms with van der Waals surface area (Å²) in [7, 11) is -1.56. The van der Waals surface area contributed by atoms with Crippen molar-refractivity contribution in [1.82, 2.24) is 0 Å². The predicted octanol–water partition coefficient (Wildman–Crippen LogP) is 3.87. The Hall–Kier alpha value is -0.553. The molecule has 0 aliphatic carbocycles. The van der Waals surface area contributed by atoms with Crippen molar-refractivity contribution in [3.05, 3.63) is 29.8 Å². The minimum absolute atomic E-state index is 0. The second kappa shape index (κ2) is 8.67. The van der Waals surface area contributed by atoms with Crippen LogP contribution in [0.4, 0.5) is 0 Å². The van der Waals surface area contributed by atoms with Crippen LogP contribution in [0.2, 0.25) is 19.6 Å². The maximum atomic E-state index is 10.0. The average molecular weight is 318 g/mol. The molecule has 0 bridgehead atoms. The van der Waals surface area contributed by atoms with Crippen LogP contribution in [0.15, 0.2) is 24.3 Å². The molecule has 20 heavy (non-hydrogen) atoms. The molecule has 0 fully saturated rings. The Balaban J connectivity index is 0.00000361. The molecule has 3 N–H and O–H groups in total. The van der Waals surface area contributed by atoms with Gasteiger partial charge in [0.15, 0.2) is 0 Å². The fourth-order valence-electron chi connectivity index (χ4n) is 1.93. The lowest BCUT2D eigenvalue weighted by atomic mass is 9.98. The summed E-state index contributed by atoms with van der Waals surface area (Å²) in [5.74, 6) is 0.887. The zero-order chi connectivity index (χ0) is 14.5. The van der Waals surface area contributed by atoms with Crippen LogP contribution >= 0.6 is 12.4 Å².